The molecule has 0 spiro atoms. The van der Waals surface area contributed by atoms with Gasteiger partial charge < -0.3 is 10.4 Å². The molecule has 0 saturated heterocycles. The van der Waals surface area contributed by atoms with Crippen LogP contribution in [0.4, 0.5) is 0 Å². The summed E-state index contributed by atoms with van der Waals surface area (Å²) >= 11 is 7.10. The second-order valence-electron chi connectivity index (χ2n) is 6.04. The Hall–Kier alpha value is -0.740. The van der Waals surface area contributed by atoms with E-state index in [1.54, 1.807) is 11.8 Å². The molecule has 116 valence electrons. The van der Waals surface area contributed by atoms with E-state index in [4.69, 9.17) is 12.2 Å². The van der Waals surface area contributed by atoms with Crippen molar-refractivity contribution in [3.05, 3.63) is 28.8 Å². The van der Waals surface area contributed by atoms with E-state index < -0.39 is 0 Å². The van der Waals surface area contributed by atoms with Crippen molar-refractivity contribution in [1.29, 1.82) is 0 Å². The van der Waals surface area contributed by atoms with Crippen LogP contribution in [0.25, 0.3) is 0 Å². The zero-order chi connectivity index (χ0) is 15.2. The van der Waals surface area contributed by atoms with Gasteiger partial charge in [0.05, 0.1) is 0 Å². The Labute approximate surface area is 137 Å². The molecular weight excluding hydrogens is 298 g/mol. The van der Waals surface area contributed by atoms with E-state index in [1.165, 1.54) is 37.7 Å². The minimum Gasteiger partial charge on any atom is -0.507 e. The van der Waals surface area contributed by atoms with Gasteiger partial charge in [-0.3, -0.25) is 0 Å². The zero-order valence-corrected chi connectivity index (χ0v) is 14.6. The molecule has 0 aromatic heterocycles. The number of thioether (sulfide) groups is 1. The van der Waals surface area contributed by atoms with E-state index in [1.807, 2.05) is 26.0 Å². The van der Waals surface area contributed by atoms with Gasteiger partial charge in [0.25, 0.3) is 0 Å². The molecule has 4 heteroatoms. The molecule has 0 radical (unpaired) electrons. The van der Waals surface area contributed by atoms with Crippen LogP contribution in [-0.2, 0) is 5.75 Å². The van der Waals surface area contributed by atoms with E-state index in [-0.39, 0.29) is 0 Å². The Morgan fingerprint density at radius 1 is 1.24 bits per heavy atom. The van der Waals surface area contributed by atoms with E-state index >= 15 is 0 Å². The van der Waals surface area contributed by atoms with Gasteiger partial charge in [-0.1, -0.05) is 55.4 Å². The maximum Gasteiger partial charge on any atom is 0.134 e. The lowest BCUT2D eigenvalue weighted by Gasteiger charge is -2.22. The lowest BCUT2D eigenvalue weighted by molar-refractivity contribution is 0.358. The second-order valence-corrected chi connectivity index (χ2v) is 7.69. The van der Waals surface area contributed by atoms with Gasteiger partial charge in [0.2, 0.25) is 0 Å². The highest BCUT2D eigenvalue weighted by Gasteiger charge is 2.13. The van der Waals surface area contributed by atoms with Crippen molar-refractivity contribution in [2.24, 2.45) is 5.92 Å². The summed E-state index contributed by atoms with van der Waals surface area (Å²) in [6.07, 6.45) is 6.83. The average Bonchev–Trinajstić information content (AvgIpc) is 2.49. The number of nitrogens with one attached hydrogen (secondary N) is 1. The van der Waals surface area contributed by atoms with Crippen molar-refractivity contribution in [3.8, 4) is 5.75 Å². The minimum atomic E-state index is 0.404. The maximum atomic E-state index is 9.79. The first-order valence-electron chi connectivity index (χ1n) is 7.76. The van der Waals surface area contributed by atoms with Crippen molar-refractivity contribution < 1.29 is 5.11 Å². The summed E-state index contributed by atoms with van der Waals surface area (Å²) < 4.78 is 0.893. The van der Waals surface area contributed by atoms with Gasteiger partial charge >= 0.3 is 0 Å². The zero-order valence-electron chi connectivity index (χ0n) is 12.9. The molecule has 1 saturated carbocycles. The quantitative estimate of drug-likeness (QED) is 0.787. The predicted molar refractivity (Wildman–Crippen MR) is 96.1 cm³/mol. The van der Waals surface area contributed by atoms with Gasteiger partial charge in [-0.25, -0.2) is 0 Å². The maximum absolute atomic E-state index is 9.79. The van der Waals surface area contributed by atoms with Crippen LogP contribution < -0.4 is 5.32 Å². The predicted octanol–water partition coefficient (Wildman–Crippen LogP) is 4.70. The Morgan fingerprint density at radius 3 is 2.48 bits per heavy atom. The van der Waals surface area contributed by atoms with Crippen molar-refractivity contribution in [2.75, 3.05) is 6.54 Å². The first-order valence-corrected chi connectivity index (χ1v) is 9.15. The molecule has 0 heterocycles. The third-order valence-electron chi connectivity index (χ3n) is 4.18. The molecule has 0 amide bonds. The van der Waals surface area contributed by atoms with Crippen LogP contribution in [0.5, 0.6) is 5.75 Å². The molecule has 1 aromatic rings. The number of hydrogen-bond donors (Lipinski definition) is 2. The number of benzene rings is 1. The highest BCUT2D eigenvalue weighted by molar-refractivity contribution is 8.22. The number of hydrogen-bond acceptors (Lipinski definition) is 3. The second kappa shape index (κ2) is 8.04. The van der Waals surface area contributed by atoms with Crippen LogP contribution in [0.2, 0.25) is 0 Å². The SMILES string of the molecule is Cc1cc(CSC(=S)NCC2CCCCC2)cc(C)c1O. The first-order chi connectivity index (χ1) is 10.1. The van der Waals surface area contributed by atoms with E-state index in [9.17, 15) is 5.11 Å². The van der Waals surface area contributed by atoms with Crippen LogP contribution in [0, 0.1) is 19.8 Å². The Morgan fingerprint density at radius 2 is 1.86 bits per heavy atom. The lowest BCUT2D eigenvalue weighted by atomic mass is 9.89. The summed E-state index contributed by atoms with van der Waals surface area (Å²) in [7, 11) is 0. The molecule has 2 nitrogen and oxygen atoms in total. The van der Waals surface area contributed by atoms with Gasteiger partial charge in [-0.05, 0) is 49.3 Å². The molecule has 2 N–H and O–H groups in total. The topological polar surface area (TPSA) is 32.3 Å². The Bertz CT molecular complexity index is 473. The summed E-state index contributed by atoms with van der Waals surface area (Å²) in [5.74, 6) is 2.07. The van der Waals surface area contributed by atoms with Gasteiger partial charge in [-0.15, -0.1) is 0 Å². The van der Waals surface area contributed by atoms with Crippen molar-refractivity contribution in [1.82, 2.24) is 5.32 Å². The minimum absolute atomic E-state index is 0.404. The van der Waals surface area contributed by atoms with Crippen LogP contribution in [0.1, 0.15) is 48.8 Å². The summed E-state index contributed by atoms with van der Waals surface area (Å²) in [6.45, 7) is 4.91. The molecule has 0 aliphatic heterocycles. The Balaban J connectivity index is 1.75. The number of rotatable bonds is 4. The highest BCUT2D eigenvalue weighted by Crippen LogP contribution is 2.26. The molecule has 1 fully saturated rings. The summed E-state index contributed by atoms with van der Waals surface area (Å²) in [5, 5.41) is 13.2. The van der Waals surface area contributed by atoms with Gasteiger partial charge in [0.1, 0.15) is 10.1 Å². The van der Waals surface area contributed by atoms with Crippen LogP contribution >= 0.6 is 24.0 Å². The average molecular weight is 324 g/mol. The normalized spacial score (nSPS) is 15.9. The Kier molecular flexibility index (Phi) is 6.37. The highest BCUT2D eigenvalue weighted by atomic mass is 32.2. The summed E-state index contributed by atoms with van der Waals surface area (Å²) in [5.41, 5.74) is 3.09. The van der Waals surface area contributed by atoms with Gasteiger partial charge in [-0.2, -0.15) is 0 Å². The van der Waals surface area contributed by atoms with Gasteiger partial charge in [0, 0.05) is 12.3 Å². The van der Waals surface area contributed by atoms with Crippen molar-refractivity contribution in [3.63, 3.8) is 0 Å². The fourth-order valence-electron chi connectivity index (χ4n) is 2.95. The van der Waals surface area contributed by atoms with Gasteiger partial charge in [0.15, 0.2) is 0 Å². The van der Waals surface area contributed by atoms with Crippen LogP contribution in [-0.4, -0.2) is 16.0 Å². The van der Waals surface area contributed by atoms with Crippen molar-refractivity contribution >= 4 is 28.3 Å². The molecule has 0 unspecified atom stereocenters. The van der Waals surface area contributed by atoms with E-state index in [2.05, 4.69) is 5.32 Å². The van der Waals surface area contributed by atoms with Crippen LogP contribution in [0.15, 0.2) is 12.1 Å². The fraction of sp³-hybridized carbons (Fsp3) is 0.588. The molecule has 1 aromatic carbocycles. The number of phenolic OH excluding ortho intramolecular Hbond substituents is 1. The molecule has 0 atom stereocenters. The fourth-order valence-corrected chi connectivity index (χ4v) is 3.86. The lowest BCUT2D eigenvalue weighted by Crippen LogP contribution is -2.27. The third-order valence-corrected chi connectivity index (χ3v) is 5.56. The molecule has 2 rings (SSSR count). The van der Waals surface area contributed by atoms with Crippen molar-refractivity contribution in [2.45, 2.75) is 51.7 Å². The van der Waals surface area contributed by atoms with Crippen LogP contribution in [0.3, 0.4) is 0 Å². The standard InChI is InChI=1S/C17H25NOS2/c1-12-8-15(9-13(2)16(12)19)11-21-17(20)18-10-14-6-4-3-5-7-14/h8-9,14,19H,3-7,10-11H2,1-2H3,(H,18,20). The molecule has 1 aliphatic rings. The van der Waals surface area contributed by atoms with E-state index in [0.29, 0.717) is 5.75 Å². The molecular formula is C17H25NOS2. The summed E-state index contributed by atoms with van der Waals surface area (Å²) in [4.78, 5) is 0. The smallest absolute Gasteiger partial charge is 0.134 e. The number of aryl methyl sites for hydroxylation is 2. The largest absolute Gasteiger partial charge is 0.507 e. The monoisotopic (exact) mass is 323 g/mol. The molecule has 1 aliphatic carbocycles. The van der Waals surface area contributed by atoms with E-state index in [0.717, 1.165) is 33.7 Å². The number of phenols is 1. The third kappa shape index (κ3) is 5.19. The molecule has 0 bridgehead atoms. The molecule has 21 heavy (non-hydrogen) atoms. The number of thiocarbonyl (C=S) groups is 1. The summed E-state index contributed by atoms with van der Waals surface area (Å²) in [6, 6.07) is 4.08. The number of aromatic hydroxyl groups is 1. The first kappa shape index (κ1) is 16.6.